The third-order valence-corrected chi connectivity index (χ3v) is 4.93. The van der Waals surface area contributed by atoms with Crippen LogP contribution in [0.4, 0.5) is 0 Å². The van der Waals surface area contributed by atoms with Gasteiger partial charge >= 0.3 is 0 Å². The van der Waals surface area contributed by atoms with Crippen molar-refractivity contribution in [2.45, 2.75) is 43.1 Å². The molecule has 1 saturated carbocycles. The third kappa shape index (κ3) is 3.49. The molecule has 0 aliphatic heterocycles. The van der Waals surface area contributed by atoms with Gasteiger partial charge in [-0.3, -0.25) is 4.79 Å². The molecular formula is C14H17ClOS. The Kier molecular flexibility index (Phi) is 4.52. The zero-order chi connectivity index (χ0) is 12.3. The fourth-order valence-corrected chi connectivity index (χ4v) is 3.79. The lowest BCUT2D eigenvalue weighted by Crippen LogP contribution is -2.16. The Morgan fingerprint density at radius 3 is 2.47 bits per heavy atom. The van der Waals surface area contributed by atoms with Crippen molar-refractivity contribution < 1.29 is 4.79 Å². The molecule has 3 heteroatoms. The molecule has 0 saturated heterocycles. The number of halogens is 1. The number of hydrogen-bond donors (Lipinski definition) is 0. The highest BCUT2D eigenvalue weighted by molar-refractivity contribution is 8.01. The lowest BCUT2D eigenvalue weighted by atomic mass is 10.1. The summed E-state index contributed by atoms with van der Waals surface area (Å²) >= 11 is 7.65. The molecule has 1 unspecified atom stereocenters. The predicted octanol–water partition coefficient (Wildman–Crippen LogP) is 4.59. The lowest BCUT2D eigenvalue weighted by Gasteiger charge is -2.15. The van der Waals surface area contributed by atoms with E-state index < -0.39 is 0 Å². The van der Waals surface area contributed by atoms with Gasteiger partial charge < -0.3 is 0 Å². The maximum atomic E-state index is 12.2. The van der Waals surface area contributed by atoms with Gasteiger partial charge in [-0.1, -0.05) is 24.4 Å². The molecule has 92 valence electrons. The highest BCUT2D eigenvalue weighted by Crippen LogP contribution is 2.33. The van der Waals surface area contributed by atoms with E-state index >= 15 is 0 Å². The first-order chi connectivity index (χ1) is 8.16. The van der Waals surface area contributed by atoms with Crippen LogP contribution in [-0.4, -0.2) is 16.3 Å². The quantitative estimate of drug-likeness (QED) is 0.743. The van der Waals surface area contributed by atoms with Crippen molar-refractivity contribution in [2.75, 3.05) is 0 Å². The van der Waals surface area contributed by atoms with E-state index in [2.05, 4.69) is 0 Å². The Morgan fingerprint density at radius 1 is 1.29 bits per heavy atom. The Hall–Kier alpha value is -0.470. The zero-order valence-corrected chi connectivity index (χ0v) is 11.6. The standard InChI is InChI=1S/C14H17ClOS/c1-10(17-13-4-2-3-5-13)14(16)11-6-8-12(15)9-7-11/h6-10,13H,2-5H2,1H3. The van der Waals surface area contributed by atoms with E-state index in [1.807, 2.05) is 30.8 Å². The molecule has 1 atom stereocenters. The highest BCUT2D eigenvalue weighted by Gasteiger charge is 2.22. The number of carbonyl (C=O) groups excluding carboxylic acids is 1. The van der Waals surface area contributed by atoms with Gasteiger partial charge in [0.2, 0.25) is 0 Å². The summed E-state index contributed by atoms with van der Waals surface area (Å²) in [7, 11) is 0. The molecule has 0 spiro atoms. The number of Topliss-reactive ketones (excluding diaryl/α,β-unsaturated/α-hetero) is 1. The largest absolute Gasteiger partial charge is 0.293 e. The van der Waals surface area contributed by atoms with Gasteiger partial charge in [-0.15, -0.1) is 11.8 Å². The molecule has 0 amide bonds. The summed E-state index contributed by atoms with van der Waals surface area (Å²) in [6.07, 6.45) is 5.17. The first kappa shape index (κ1) is 13.0. The van der Waals surface area contributed by atoms with Crippen LogP contribution in [0.5, 0.6) is 0 Å². The molecule has 0 bridgehead atoms. The second-order valence-electron chi connectivity index (χ2n) is 4.56. The van der Waals surface area contributed by atoms with E-state index in [4.69, 9.17) is 11.6 Å². The number of ketones is 1. The van der Waals surface area contributed by atoms with Gasteiger partial charge in [0, 0.05) is 15.8 Å². The van der Waals surface area contributed by atoms with Crippen molar-refractivity contribution in [3.63, 3.8) is 0 Å². The molecule has 0 heterocycles. The van der Waals surface area contributed by atoms with Crippen molar-refractivity contribution >= 4 is 29.1 Å². The number of carbonyl (C=O) groups is 1. The third-order valence-electron chi connectivity index (χ3n) is 3.20. The molecule has 1 aliphatic rings. The Labute approximate surface area is 112 Å². The van der Waals surface area contributed by atoms with Gasteiger partial charge in [0.05, 0.1) is 5.25 Å². The Bertz CT molecular complexity index is 382. The first-order valence-electron chi connectivity index (χ1n) is 6.12. The van der Waals surface area contributed by atoms with Crippen molar-refractivity contribution in [1.82, 2.24) is 0 Å². The van der Waals surface area contributed by atoms with Gasteiger partial charge in [0.25, 0.3) is 0 Å². The molecule has 0 radical (unpaired) electrons. The van der Waals surface area contributed by atoms with Gasteiger partial charge in [-0.25, -0.2) is 0 Å². The van der Waals surface area contributed by atoms with Crippen LogP contribution in [0.25, 0.3) is 0 Å². The minimum atomic E-state index is 0.0549. The number of benzene rings is 1. The number of rotatable bonds is 4. The van der Waals surface area contributed by atoms with E-state index in [9.17, 15) is 4.79 Å². The molecule has 1 aromatic carbocycles. The Morgan fingerprint density at radius 2 is 1.88 bits per heavy atom. The molecule has 0 aromatic heterocycles. The predicted molar refractivity (Wildman–Crippen MR) is 75.1 cm³/mol. The molecule has 2 rings (SSSR count). The average molecular weight is 269 g/mol. The van der Waals surface area contributed by atoms with Crippen LogP contribution in [0.3, 0.4) is 0 Å². The van der Waals surface area contributed by atoms with E-state index in [0.717, 1.165) is 5.56 Å². The fourth-order valence-electron chi connectivity index (χ4n) is 2.22. The highest BCUT2D eigenvalue weighted by atomic mass is 35.5. The summed E-state index contributed by atoms with van der Waals surface area (Å²) in [5.74, 6) is 0.221. The normalized spacial score (nSPS) is 18.2. The van der Waals surface area contributed by atoms with Crippen molar-refractivity contribution in [1.29, 1.82) is 0 Å². The van der Waals surface area contributed by atoms with Crippen molar-refractivity contribution in [3.8, 4) is 0 Å². The van der Waals surface area contributed by atoms with Crippen LogP contribution in [0, 0.1) is 0 Å². The van der Waals surface area contributed by atoms with Gasteiger partial charge in [-0.2, -0.15) is 0 Å². The molecule has 17 heavy (non-hydrogen) atoms. The molecule has 1 aliphatic carbocycles. The number of hydrogen-bond acceptors (Lipinski definition) is 2. The van der Waals surface area contributed by atoms with Crippen LogP contribution in [-0.2, 0) is 0 Å². The minimum Gasteiger partial charge on any atom is -0.293 e. The summed E-state index contributed by atoms with van der Waals surface area (Å²) in [5, 5.41) is 1.41. The van der Waals surface area contributed by atoms with Crippen molar-refractivity contribution in [3.05, 3.63) is 34.9 Å². The van der Waals surface area contributed by atoms with Gasteiger partial charge in [-0.05, 0) is 44.0 Å². The van der Waals surface area contributed by atoms with E-state index in [0.29, 0.717) is 10.3 Å². The maximum absolute atomic E-state index is 12.2. The van der Waals surface area contributed by atoms with Gasteiger partial charge in [0.1, 0.15) is 0 Å². The molecule has 1 aromatic rings. The summed E-state index contributed by atoms with van der Waals surface area (Å²) in [4.78, 5) is 12.2. The summed E-state index contributed by atoms with van der Waals surface area (Å²) in [5.41, 5.74) is 0.771. The average Bonchev–Trinajstić information content (AvgIpc) is 2.82. The molecular weight excluding hydrogens is 252 g/mol. The number of thioether (sulfide) groups is 1. The van der Waals surface area contributed by atoms with E-state index in [-0.39, 0.29) is 11.0 Å². The summed E-state index contributed by atoms with van der Waals surface area (Å²) < 4.78 is 0. The monoisotopic (exact) mass is 268 g/mol. The van der Waals surface area contributed by atoms with Crippen LogP contribution >= 0.6 is 23.4 Å². The SMILES string of the molecule is CC(SC1CCCC1)C(=O)c1ccc(Cl)cc1. The van der Waals surface area contributed by atoms with Crippen LogP contribution < -0.4 is 0 Å². The second-order valence-corrected chi connectivity index (χ2v) is 6.64. The summed E-state index contributed by atoms with van der Waals surface area (Å²) in [6.45, 7) is 2.01. The van der Waals surface area contributed by atoms with E-state index in [1.54, 1.807) is 12.1 Å². The van der Waals surface area contributed by atoms with Crippen molar-refractivity contribution in [2.24, 2.45) is 0 Å². The minimum absolute atomic E-state index is 0.0549. The van der Waals surface area contributed by atoms with Crippen LogP contribution in [0.15, 0.2) is 24.3 Å². The topological polar surface area (TPSA) is 17.1 Å². The zero-order valence-electron chi connectivity index (χ0n) is 9.99. The smallest absolute Gasteiger partial charge is 0.175 e. The van der Waals surface area contributed by atoms with E-state index in [1.165, 1.54) is 25.7 Å². The molecule has 1 nitrogen and oxygen atoms in total. The Balaban J connectivity index is 1.96. The van der Waals surface area contributed by atoms with Crippen LogP contribution in [0.1, 0.15) is 43.0 Å². The molecule has 1 fully saturated rings. The molecule has 0 N–H and O–H groups in total. The fraction of sp³-hybridized carbons (Fsp3) is 0.500. The maximum Gasteiger partial charge on any atom is 0.175 e. The van der Waals surface area contributed by atoms with Gasteiger partial charge in [0.15, 0.2) is 5.78 Å². The second kappa shape index (κ2) is 5.92. The van der Waals surface area contributed by atoms with Crippen LogP contribution in [0.2, 0.25) is 5.02 Å². The lowest BCUT2D eigenvalue weighted by molar-refractivity contribution is 0.0994. The first-order valence-corrected chi connectivity index (χ1v) is 7.44. The summed E-state index contributed by atoms with van der Waals surface area (Å²) in [6, 6.07) is 7.19.